The molecule has 1 unspecified atom stereocenters. The molecular formula is C15H19N3O3. The number of likely N-dealkylation sites (tertiary alicyclic amines) is 1. The monoisotopic (exact) mass is 289 g/mol. The number of aromatic nitrogens is 2. The molecule has 21 heavy (non-hydrogen) atoms. The van der Waals surface area contributed by atoms with E-state index in [0.717, 1.165) is 24.3 Å². The van der Waals surface area contributed by atoms with Crippen molar-refractivity contribution in [3.8, 4) is 0 Å². The fraction of sp³-hybridized carbons (Fsp3) is 0.533. The summed E-state index contributed by atoms with van der Waals surface area (Å²) >= 11 is 0. The summed E-state index contributed by atoms with van der Waals surface area (Å²) in [6, 6.07) is 3.56. The normalized spacial score (nSPS) is 18.7. The summed E-state index contributed by atoms with van der Waals surface area (Å²) in [5.74, 6) is 1.59. The van der Waals surface area contributed by atoms with Crippen LogP contribution in [0, 0.1) is 6.92 Å². The molecule has 3 heterocycles. The zero-order valence-electron chi connectivity index (χ0n) is 12.5. The van der Waals surface area contributed by atoms with Crippen LogP contribution in [-0.4, -0.2) is 27.7 Å². The van der Waals surface area contributed by atoms with E-state index in [1.54, 1.807) is 17.9 Å². The molecule has 2 aromatic heterocycles. The number of amides is 1. The molecule has 1 saturated heterocycles. The van der Waals surface area contributed by atoms with Crippen molar-refractivity contribution < 1.29 is 13.8 Å². The molecule has 0 aromatic carbocycles. The van der Waals surface area contributed by atoms with Crippen molar-refractivity contribution >= 4 is 5.91 Å². The van der Waals surface area contributed by atoms with Crippen LogP contribution < -0.4 is 0 Å². The molecule has 2 aromatic rings. The quantitative estimate of drug-likeness (QED) is 0.868. The minimum absolute atomic E-state index is 0.0606. The summed E-state index contributed by atoms with van der Waals surface area (Å²) in [5, 5.41) is 7.89. The van der Waals surface area contributed by atoms with Gasteiger partial charge in [0.15, 0.2) is 11.5 Å². The minimum Gasteiger partial charge on any atom is -0.361 e. The molecule has 1 fully saturated rings. The summed E-state index contributed by atoms with van der Waals surface area (Å²) in [4.78, 5) is 14.3. The molecule has 6 nitrogen and oxygen atoms in total. The second-order valence-corrected chi connectivity index (χ2v) is 5.79. The first-order valence-corrected chi connectivity index (χ1v) is 7.27. The van der Waals surface area contributed by atoms with Crippen LogP contribution in [-0.2, 0) is 0 Å². The van der Waals surface area contributed by atoms with Gasteiger partial charge < -0.3 is 13.9 Å². The highest BCUT2D eigenvalue weighted by atomic mass is 16.5. The summed E-state index contributed by atoms with van der Waals surface area (Å²) in [6.07, 6.45) is 1.83. The van der Waals surface area contributed by atoms with E-state index in [1.807, 2.05) is 6.07 Å². The Balaban J connectivity index is 1.83. The van der Waals surface area contributed by atoms with Crippen molar-refractivity contribution in [2.45, 2.75) is 45.6 Å². The molecule has 0 spiro atoms. The Hall–Kier alpha value is -2.11. The largest absolute Gasteiger partial charge is 0.361 e. The molecule has 1 aliphatic rings. The van der Waals surface area contributed by atoms with E-state index in [0.29, 0.717) is 23.9 Å². The average molecular weight is 289 g/mol. The lowest BCUT2D eigenvalue weighted by atomic mass is 10.1. The van der Waals surface area contributed by atoms with Crippen LogP contribution >= 0.6 is 0 Å². The summed E-state index contributed by atoms with van der Waals surface area (Å²) < 4.78 is 10.4. The van der Waals surface area contributed by atoms with Gasteiger partial charge in [0.25, 0.3) is 5.91 Å². The Kier molecular flexibility index (Phi) is 3.53. The van der Waals surface area contributed by atoms with Crippen molar-refractivity contribution in [3.63, 3.8) is 0 Å². The second kappa shape index (κ2) is 5.35. The van der Waals surface area contributed by atoms with E-state index in [2.05, 4.69) is 24.2 Å². The van der Waals surface area contributed by atoms with Gasteiger partial charge in [-0.2, -0.15) is 0 Å². The van der Waals surface area contributed by atoms with Crippen molar-refractivity contribution in [2.75, 3.05) is 6.54 Å². The number of carbonyl (C=O) groups excluding carboxylic acids is 1. The average Bonchev–Trinajstić information content (AvgIpc) is 3.17. The summed E-state index contributed by atoms with van der Waals surface area (Å²) in [5.41, 5.74) is 1.27. The van der Waals surface area contributed by atoms with Crippen molar-refractivity contribution in [2.24, 2.45) is 0 Å². The maximum atomic E-state index is 12.5. The first-order chi connectivity index (χ1) is 10.1. The highest BCUT2D eigenvalue weighted by Gasteiger charge is 2.34. The third kappa shape index (κ3) is 2.57. The molecule has 0 saturated carbocycles. The fourth-order valence-electron chi connectivity index (χ4n) is 2.65. The number of nitrogens with zero attached hydrogens (tertiary/aromatic N) is 3. The molecule has 112 valence electrons. The molecule has 3 rings (SSSR count). The lowest BCUT2D eigenvalue weighted by Gasteiger charge is -2.21. The topological polar surface area (TPSA) is 72.4 Å². The van der Waals surface area contributed by atoms with E-state index in [-0.39, 0.29) is 11.9 Å². The second-order valence-electron chi connectivity index (χ2n) is 5.79. The van der Waals surface area contributed by atoms with Crippen molar-refractivity contribution in [1.29, 1.82) is 0 Å². The van der Waals surface area contributed by atoms with Crippen LogP contribution in [0.25, 0.3) is 0 Å². The number of aryl methyl sites for hydroxylation is 1. The lowest BCUT2D eigenvalue weighted by Crippen LogP contribution is -2.30. The first-order valence-electron chi connectivity index (χ1n) is 7.27. The zero-order valence-corrected chi connectivity index (χ0v) is 12.5. The maximum absolute atomic E-state index is 12.5. The molecule has 0 radical (unpaired) electrons. The highest BCUT2D eigenvalue weighted by molar-refractivity contribution is 5.92. The SMILES string of the molecule is Cc1cc(C(=O)N2CCCC2c2cc(C(C)C)no2)no1. The standard InChI is InChI=1S/C15H19N3O3/c1-9(2)11-8-14(21-16-11)13-5-4-6-18(13)15(19)12-7-10(3)20-17-12/h7-9,13H,4-6H2,1-3H3. The van der Waals surface area contributed by atoms with Crippen molar-refractivity contribution in [3.05, 3.63) is 35.0 Å². The lowest BCUT2D eigenvalue weighted by molar-refractivity contribution is 0.0704. The third-order valence-electron chi connectivity index (χ3n) is 3.83. The maximum Gasteiger partial charge on any atom is 0.276 e. The van der Waals surface area contributed by atoms with E-state index in [1.165, 1.54) is 0 Å². The molecule has 0 bridgehead atoms. The van der Waals surface area contributed by atoms with Gasteiger partial charge in [0.2, 0.25) is 0 Å². The Morgan fingerprint density at radius 2 is 2.14 bits per heavy atom. The van der Waals surface area contributed by atoms with Crippen LogP contribution in [0.5, 0.6) is 0 Å². The Morgan fingerprint density at radius 1 is 1.33 bits per heavy atom. The van der Waals surface area contributed by atoms with Gasteiger partial charge >= 0.3 is 0 Å². The van der Waals surface area contributed by atoms with Gasteiger partial charge in [0.1, 0.15) is 5.76 Å². The number of hydrogen-bond acceptors (Lipinski definition) is 5. The van der Waals surface area contributed by atoms with E-state index >= 15 is 0 Å². The van der Waals surface area contributed by atoms with E-state index in [9.17, 15) is 4.79 Å². The Morgan fingerprint density at radius 3 is 2.76 bits per heavy atom. The fourth-order valence-corrected chi connectivity index (χ4v) is 2.65. The van der Waals surface area contributed by atoms with E-state index in [4.69, 9.17) is 9.05 Å². The van der Waals surface area contributed by atoms with E-state index < -0.39 is 0 Å². The van der Waals surface area contributed by atoms with Gasteiger partial charge in [-0.3, -0.25) is 4.79 Å². The predicted octanol–water partition coefficient (Wildman–Crippen LogP) is 3.07. The molecule has 1 amide bonds. The molecular weight excluding hydrogens is 270 g/mol. The molecule has 6 heteroatoms. The molecule has 1 aliphatic heterocycles. The third-order valence-corrected chi connectivity index (χ3v) is 3.83. The van der Waals surface area contributed by atoms with Gasteiger partial charge in [0.05, 0.1) is 11.7 Å². The van der Waals surface area contributed by atoms with Gasteiger partial charge in [-0.1, -0.05) is 24.2 Å². The zero-order chi connectivity index (χ0) is 15.0. The predicted molar refractivity (Wildman–Crippen MR) is 74.8 cm³/mol. The van der Waals surface area contributed by atoms with Gasteiger partial charge in [-0.25, -0.2) is 0 Å². The number of carbonyl (C=O) groups is 1. The molecule has 0 aliphatic carbocycles. The number of hydrogen-bond donors (Lipinski definition) is 0. The summed E-state index contributed by atoms with van der Waals surface area (Å²) in [6.45, 7) is 6.61. The van der Waals surface area contributed by atoms with Crippen LogP contribution in [0.3, 0.4) is 0 Å². The van der Waals surface area contributed by atoms with Crippen LogP contribution in [0.4, 0.5) is 0 Å². The van der Waals surface area contributed by atoms with Gasteiger partial charge in [-0.15, -0.1) is 0 Å². The first kappa shape index (κ1) is 13.9. The van der Waals surface area contributed by atoms with Crippen molar-refractivity contribution in [1.82, 2.24) is 15.2 Å². The smallest absolute Gasteiger partial charge is 0.276 e. The van der Waals surface area contributed by atoms with Gasteiger partial charge in [-0.05, 0) is 25.7 Å². The highest BCUT2D eigenvalue weighted by Crippen LogP contribution is 2.34. The molecule has 0 N–H and O–H groups in total. The Bertz CT molecular complexity index is 644. The summed E-state index contributed by atoms with van der Waals surface area (Å²) in [7, 11) is 0. The van der Waals surface area contributed by atoms with Gasteiger partial charge in [0, 0.05) is 18.7 Å². The van der Waals surface area contributed by atoms with Crippen LogP contribution in [0.1, 0.15) is 66.4 Å². The Labute approximate surface area is 123 Å². The van der Waals surface area contributed by atoms with Crippen LogP contribution in [0.15, 0.2) is 21.2 Å². The molecule has 1 atom stereocenters. The minimum atomic E-state index is -0.114. The van der Waals surface area contributed by atoms with Crippen LogP contribution in [0.2, 0.25) is 0 Å². The number of rotatable bonds is 3.